The van der Waals surface area contributed by atoms with Crippen LogP contribution >= 0.6 is 0 Å². The summed E-state index contributed by atoms with van der Waals surface area (Å²) in [6, 6.07) is 9.18. The van der Waals surface area contributed by atoms with Gasteiger partial charge in [0.2, 0.25) is 5.91 Å². The highest BCUT2D eigenvalue weighted by Gasteiger charge is 2.45. The molecule has 2 aromatic rings. The number of carbonyl (C=O) groups is 2. The summed E-state index contributed by atoms with van der Waals surface area (Å²) >= 11 is 0. The Morgan fingerprint density at radius 1 is 1.32 bits per heavy atom. The van der Waals surface area contributed by atoms with Crippen LogP contribution in [0, 0.1) is 11.3 Å². The fourth-order valence-corrected chi connectivity index (χ4v) is 3.71. The number of benzene rings is 1. The van der Waals surface area contributed by atoms with Crippen LogP contribution in [0.2, 0.25) is 0 Å². The fraction of sp³-hybridized carbons (Fsp3) is 0.476. The number of rotatable bonds is 6. The van der Waals surface area contributed by atoms with Gasteiger partial charge in [0.05, 0.1) is 12.5 Å². The number of carboxylic acid groups (broad SMARTS) is 1. The van der Waals surface area contributed by atoms with Gasteiger partial charge in [0.15, 0.2) is 0 Å². The standard InChI is InChI=1S/C21H26N2O5/c1-14(2)19(24)23-10-4-9-21(13-23,20(25)26)12-17-11-18(22-28-17)15-5-7-16(27-3)8-6-15/h5-8,11,14H,4,9-10,12-13H2,1-3H3,(H,25,26). The van der Waals surface area contributed by atoms with Gasteiger partial charge in [-0.25, -0.2) is 0 Å². The van der Waals surface area contributed by atoms with Crippen molar-refractivity contribution in [3.8, 4) is 17.0 Å². The van der Waals surface area contributed by atoms with Crippen molar-refractivity contribution in [2.45, 2.75) is 33.1 Å². The summed E-state index contributed by atoms with van der Waals surface area (Å²) in [6.07, 6.45) is 1.36. The smallest absolute Gasteiger partial charge is 0.311 e. The van der Waals surface area contributed by atoms with Crippen LogP contribution in [0.3, 0.4) is 0 Å². The molecule has 28 heavy (non-hydrogen) atoms. The van der Waals surface area contributed by atoms with Crippen LogP contribution in [0.5, 0.6) is 5.75 Å². The third-order valence-electron chi connectivity index (χ3n) is 5.29. The van der Waals surface area contributed by atoms with E-state index in [1.165, 1.54) is 0 Å². The Morgan fingerprint density at radius 2 is 2.04 bits per heavy atom. The minimum absolute atomic E-state index is 0.0122. The number of carboxylic acids is 1. The Hall–Kier alpha value is -2.83. The molecule has 0 aliphatic carbocycles. The van der Waals surface area contributed by atoms with Crippen molar-refractivity contribution in [2.75, 3.05) is 20.2 Å². The van der Waals surface area contributed by atoms with Crippen LogP contribution in [0.4, 0.5) is 0 Å². The molecule has 3 rings (SSSR count). The summed E-state index contributed by atoms with van der Waals surface area (Å²) in [5.41, 5.74) is 0.448. The molecule has 0 bridgehead atoms. The predicted octanol–water partition coefficient (Wildman–Crippen LogP) is 3.24. The number of ether oxygens (including phenoxy) is 1. The van der Waals surface area contributed by atoms with Gasteiger partial charge in [-0.3, -0.25) is 9.59 Å². The molecule has 7 nitrogen and oxygen atoms in total. The van der Waals surface area contributed by atoms with Gasteiger partial charge in [0.1, 0.15) is 17.2 Å². The molecule has 1 aliphatic heterocycles. The first-order valence-corrected chi connectivity index (χ1v) is 9.47. The molecule has 1 saturated heterocycles. The molecule has 7 heteroatoms. The van der Waals surface area contributed by atoms with Crippen LogP contribution in [0.15, 0.2) is 34.9 Å². The molecule has 0 spiro atoms. The molecule has 1 amide bonds. The second-order valence-electron chi connectivity index (χ2n) is 7.69. The maximum atomic E-state index is 12.4. The fourth-order valence-electron chi connectivity index (χ4n) is 3.71. The Balaban J connectivity index is 1.80. The van der Waals surface area contributed by atoms with Gasteiger partial charge in [0.25, 0.3) is 0 Å². The van der Waals surface area contributed by atoms with E-state index >= 15 is 0 Å². The summed E-state index contributed by atoms with van der Waals surface area (Å²) < 4.78 is 10.6. The van der Waals surface area contributed by atoms with Gasteiger partial charge < -0.3 is 19.3 Å². The Bertz CT molecular complexity index is 843. The molecule has 1 N–H and O–H groups in total. The summed E-state index contributed by atoms with van der Waals surface area (Å²) in [7, 11) is 1.60. The first-order valence-electron chi connectivity index (χ1n) is 9.47. The molecule has 150 valence electrons. The number of likely N-dealkylation sites (tertiary alicyclic amines) is 1. The molecule has 0 radical (unpaired) electrons. The normalized spacial score (nSPS) is 19.6. The molecule has 1 aliphatic rings. The number of hydrogen-bond acceptors (Lipinski definition) is 5. The van der Waals surface area contributed by atoms with E-state index in [2.05, 4.69) is 5.16 Å². The predicted molar refractivity (Wildman–Crippen MR) is 103 cm³/mol. The zero-order chi connectivity index (χ0) is 20.3. The summed E-state index contributed by atoms with van der Waals surface area (Å²) in [5.74, 6) is 0.177. The van der Waals surface area contributed by atoms with E-state index in [1.54, 1.807) is 18.1 Å². The quantitative estimate of drug-likeness (QED) is 0.819. The first-order chi connectivity index (χ1) is 13.3. The topological polar surface area (TPSA) is 92.9 Å². The van der Waals surface area contributed by atoms with Gasteiger partial charge in [0, 0.05) is 37.1 Å². The zero-order valence-corrected chi connectivity index (χ0v) is 16.5. The molecular weight excluding hydrogens is 360 g/mol. The number of piperidine rings is 1. The Labute approximate surface area is 164 Å². The van der Waals surface area contributed by atoms with E-state index in [0.717, 1.165) is 11.3 Å². The van der Waals surface area contributed by atoms with Crippen molar-refractivity contribution in [2.24, 2.45) is 11.3 Å². The Morgan fingerprint density at radius 3 is 2.64 bits per heavy atom. The van der Waals surface area contributed by atoms with Crippen LogP contribution in [0.1, 0.15) is 32.4 Å². The van der Waals surface area contributed by atoms with Gasteiger partial charge >= 0.3 is 5.97 Å². The summed E-state index contributed by atoms with van der Waals surface area (Å²) in [6.45, 7) is 4.45. The maximum absolute atomic E-state index is 12.4. The summed E-state index contributed by atoms with van der Waals surface area (Å²) in [5, 5.41) is 14.0. The second kappa shape index (κ2) is 8.04. The monoisotopic (exact) mass is 386 g/mol. The van der Waals surface area contributed by atoms with E-state index < -0.39 is 11.4 Å². The van der Waals surface area contributed by atoms with Crippen molar-refractivity contribution in [1.82, 2.24) is 10.1 Å². The summed E-state index contributed by atoms with van der Waals surface area (Å²) in [4.78, 5) is 26.2. The van der Waals surface area contributed by atoms with E-state index in [1.807, 2.05) is 38.1 Å². The number of carbonyl (C=O) groups excluding carboxylic acids is 1. The molecule has 2 heterocycles. The highest BCUT2D eigenvalue weighted by molar-refractivity contribution is 5.81. The second-order valence-corrected chi connectivity index (χ2v) is 7.69. The van der Waals surface area contributed by atoms with Crippen LogP contribution in [-0.2, 0) is 16.0 Å². The van der Waals surface area contributed by atoms with E-state index in [-0.39, 0.29) is 24.8 Å². The minimum atomic E-state index is -1.06. The molecule has 1 unspecified atom stereocenters. The molecule has 1 atom stereocenters. The molecule has 1 aromatic carbocycles. The highest BCUT2D eigenvalue weighted by atomic mass is 16.5. The number of hydrogen-bond donors (Lipinski definition) is 1. The largest absolute Gasteiger partial charge is 0.497 e. The molecule has 0 saturated carbocycles. The van der Waals surface area contributed by atoms with Crippen molar-refractivity contribution in [3.63, 3.8) is 0 Å². The molecular formula is C21H26N2O5. The SMILES string of the molecule is COc1ccc(-c2cc(CC3(C(=O)O)CCCN(C(=O)C(C)C)C3)on2)cc1. The van der Waals surface area contributed by atoms with Crippen LogP contribution < -0.4 is 4.74 Å². The van der Waals surface area contributed by atoms with E-state index in [4.69, 9.17) is 9.26 Å². The van der Waals surface area contributed by atoms with Gasteiger partial charge in [-0.1, -0.05) is 19.0 Å². The van der Waals surface area contributed by atoms with Crippen molar-refractivity contribution < 1.29 is 24.0 Å². The zero-order valence-electron chi connectivity index (χ0n) is 16.5. The molecule has 1 aromatic heterocycles. The van der Waals surface area contributed by atoms with E-state index in [0.29, 0.717) is 30.8 Å². The lowest BCUT2D eigenvalue weighted by Gasteiger charge is -2.40. The first kappa shape index (κ1) is 19.9. The number of aliphatic carboxylic acids is 1. The van der Waals surface area contributed by atoms with Gasteiger partial charge in [-0.15, -0.1) is 0 Å². The highest BCUT2D eigenvalue weighted by Crippen LogP contribution is 2.35. The lowest BCUT2D eigenvalue weighted by molar-refractivity contribution is -0.156. The average Bonchev–Trinajstić information content (AvgIpc) is 3.15. The van der Waals surface area contributed by atoms with E-state index in [9.17, 15) is 14.7 Å². The molecule has 1 fully saturated rings. The lowest BCUT2D eigenvalue weighted by atomic mass is 9.76. The average molecular weight is 386 g/mol. The van der Waals surface area contributed by atoms with Crippen molar-refractivity contribution in [3.05, 3.63) is 36.1 Å². The number of methoxy groups -OCH3 is 1. The van der Waals surface area contributed by atoms with Gasteiger partial charge in [-0.2, -0.15) is 0 Å². The lowest BCUT2D eigenvalue weighted by Crippen LogP contribution is -2.51. The van der Waals surface area contributed by atoms with Crippen LogP contribution in [0.25, 0.3) is 11.3 Å². The van der Waals surface area contributed by atoms with Crippen molar-refractivity contribution >= 4 is 11.9 Å². The van der Waals surface area contributed by atoms with Crippen molar-refractivity contribution in [1.29, 1.82) is 0 Å². The third kappa shape index (κ3) is 4.03. The Kier molecular flexibility index (Phi) is 5.72. The third-order valence-corrected chi connectivity index (χ3v) is 5.29. The van der Waals surface area contributed by atoms with Crippen LogP contribution in [-0.4, -0.2) is 47.2 Å². The maximum Gasteiger partial charge on any atom is 0.311 e. The van der Waals surface area contributed by atoms with Gasteiger partial charge in [-0.05, 0) is 37.1 Å². The minimum Gasteiger partial charge on any atom is -0.497 e. The number of amides is 1. The number of aromatic nitrogens is 1. The number of nitrogens with zero attached hydrogens (tertiary/aromatic N) is 2.